The van der Waals surface area contributed by atoms with Crippen LogP contribution in [-0.4, -0.2) is 19.9 Å². The highest BCUT2D eigenvalue weighted by molar-refractivity contribution is 6.14. The molecule has 0 saturated carbocycles. The molecule has 0 aliphatic heterocycles. The summed E-state index contributed by atoms with van der Waals surface area (Å²) < 4.78 is 130. The van der Waals surface area contributed by atoms with Crippen LogP contribution in [0.4, 0.5) is 0 Å². The summed E-state index contributed by atoms with van der Waals surface area (Å²) in [6, 6.07) is 75.0. The van der Waals surface area contributed by atoms with Gasteiger partial charge in [0.05, 0.1) is 22.3 Å². The van der Waals surface area contributed by atoms with Crippen molar-refractivity contribution in [1.82, 2.24) is 19.9 Å². The van der Waals surface area contributed by atoms with Crippen molar-refractivity contribution in [3.63, 3.8) is 0 Å². The molecule has 0 amide bonds. The third kappa shape index (κ3) is 13.3. The van der Waals surface area contributed by atoms with Gasteiger partial charge < -0.3 is 17.7 Å². The maximum atomic E-state index is 8.13. The van der Waals surface area contributed by atoms with Gasteiger partial charge in [0.15, 0.2) is 47.1 Å². The monoisotopic (exact) mass is 1500 g/mol. The molecule has 0 unspecified atom stereocenters. The van der Waals surface area contributed by atoms with E-state index in [9.17, 15) is 0 Å². The Bertz CT molecular complexity index is 7650. The average molecular weight is 1500 g/mol. The topological polar surface area (TPSA) is 120 Å². The highest BCUT2D eigenvalue weighted by atomic mass is 16.4. The van der Waals surface area contributed by atoms with Gasteiger partial charge >= 0.3 is 0 Å². The standard InChI is InChI=1S/2C26H23N2O.2C25H21N2O/c2*1-16-13-17(2)24(25-23(16)20-11-8-12-27-26(20)29-25)22-14-21(18(3)15-28(22)4)19-9-6-5-7-10-19;1-16-11-12-19-20-10-7-13-26-25(20)28-24(19)23(16)22-14-21(17(2)15-27(22)3)18-8-5-4-6-9-18;1-16-14-17(2)23(24-22(16)20-10-7-12-26-25(20)28-24)21-15-19(11-13-27(21)3)18-8-5-4-6-9-18/h2*5-15H,1-4H3;2*4-15H,1-3H3/q4*+1/i1D3,3D3;;2D3;1D3. The number of aromatic nitrogens is 8. The molecule has 556 valence electrons. The molecule has 12 heteroatoms. The molecule has 0 N–H and O–H groups in total. The molecule has 0 radical (unpaired) electrons. The number of nitrogens with zero attached hydrogens (tertiary/aromatic N) is 8. The van der Waals surface area contributed by atoms with Gasteiger partial charge in [-0.1, -0.05) is 152 Å². The van der Waals surface area contributed by atoms with Gasteiger partial charge in [-0.15, -0.1) is 0 Å². The zero-order chi connectivity index (χ0) is 88.7. The number of hydrogen-bond donors (Lipinski definition) is 0. The van der Waals surface area contributed by atoms with E-state index in [4.69, 9.17) is 34.1 Å². The summed E-state index contributed by atoms with van der Waals surface area (Å²) in [6.45, 7) is 3.11. The Balaban J connectivity index is 0.000000119. The second-order valence-corrected chi connectivity index (χ2v) is 29.1. The van der Waals surface area contributed by atoms with E-state index in [1.54, 1.807) is 79.1 Å². The Morgan fingerprint density at radius 1 is 0.254 bits per heavy atom. The van der Waals surface area contributed by atoms with E-state index >= 15 is 0 Å². The smallest absolute Gasteiger partial charge is 0.227 e. The number of furan rings is 4. The van der Waals surface area contributed by atoms with Crippen LogP contribution in [0, 0.1) is 68.9 Å². The summed E-state index contributed by atoms with van der Waals surface area (Å²) in [6.07, 6.45) is 14.3. The van der Waals surface area contributed by atoms with Crippen LogP contribution in [0.3, 0.4) is 0 Å². The predicted octanol–water partition coefficient (Wildman–Crippen LogP) is 23.6. The van der Waals surface area contributed by atoms with Crippen molar-refractivity contribution in [3.8, 4) is 89.5 Å². The minimum Gasteiger partial charge on any atom is -0.437 e. The van der Waals surface area contributed by atoms with E-state index in [-0.39, 0.29) is 16.7 Å². The lowest BCUT2D eigenvalue weighted by Gasteiger charge is -2.11. The third-order valence-electron chi connectivity index (χ3n) is 21.5. The molecule has 0 bridgehead atoms. The number of fused-ring (bicyclic) bond motifs is 12. The summed E-state index contributed by atoms with van der Waals surface area (Å²) in [5.74, 6) is 0. The summed E-state index contributed by atoms with van der Waals surface area (Å²) >= 11 is 0. The van der Waals surface area contributed by atoms with Gasteiger partial charge in [0.1, 0.15) is 28.2 Å². The fraction of sp³-hybridized carbons (Fsp3) is 0.137. The van der Waals surface area contributed by atoms with E-state index in [1.807, 2.05) is 165 Å². The molecule has 20 rings (SSSR count). The number of rotatable bonds is 8. The van der Waals surface area contributed by atoms with Crippen LogP contribution < -0.4 is 18.3 Å². The molecule has 0 atom stereocenters. The molecule has 0 saturated heterocycles. The van der Waals surface area contributed by atoms with Crippen LogP contribution in [0.5, 0.6) is 0 Å². The Hall–Kier alpha value is -13.8. The molecule has 0 aliphatic carbocycles. The van der Waals surface area contributed by atoms with Crippen molar-refractivity contribution in [2.75, 3.05) is 0 Å². The number of hydrogen-bond acceptors (Lipinski definition) is 8. The molecule has 0 aliphatic rings. The first-order valence-electron chi connectivity index (χ1n) is 43.7. The summed E-state index contributed by atoms with van der Waals surface area (Å²) in [7, 11) is 7.73. The SMILES string of the molecule is Cc1c[n+](C)c(-c2c(C)cc(C)c3c2oc2ncccc23)cc1-c1ccccc1.[2H]C([2H])([2H])c1c[n+](C)c(-c2c(C)cc(C([2H])([2H])[2H])c3c2oc2ncccc23)cc1-c1ccccc1.[2H]C([2H])([2H])c1c[n+](C)c(-c2c(C)ccc3c2oc2ncccc23)cc1-c1ccccc1.[2H]C([2H])([2H])c1cc(C)c(-c2cc(-c3ccccc3)cc[n+]2C)c2oc3ncccc3c12. The van der Waals surface area contributed by atoms with Crippen molar-refractivity contribution >= 4 is 88.3 Å². The maximum absolute atomic E-state index is 8.13. The fourth-order valence-corrected chi connectivity index (χ4v) is 16.1. The van der Waals surface area contributed by atoms with Gasteiger partial charge in [0, 0.05) is 131 Å². The van der Waals surface area contributed by atoms with Crippen molar-refractivity contribution < 1.29 is 52.4 Å². The van der Waals surface area contributed by atoms with Crippen LogP contribution in [0.1, 0.15) is 72.1 Å². The molecule has 12 nitrogen and oxygen atoms in total. The lowest BCUT2D eigenvalue weighted by atomic mass is 9.94. The van der Waals surface area contributed by atoms with Gasteiger partial charge in [-0.2, -0.15) is 0 Å². The first-order valence-corrected chi connectivity index (χ1v) is 37.7. The molecule has 0 fully saturated rings. The van der Waals surface area contributed by atoms with E-state index in [0.717, 1.165) is 99.9 Å². The molecule has 20 aromatic rings. The maximum Gasteiger partial charge on any atom is 0.227 e. The number of benzene rings is 8. The minimum absolute atomic E-state index is 0.200. The van der Waals surface area contributed by atoms with E-state index < -0.39 is 27.4 Å². The molecular weight excluding hydrogens is 1400 g/mol. The Labute approximate surface area is 679 Å². The van der Waals surface area contributed by atoms with Gasteiger partial charge in [-0.05, 0) is 201 Å². The highest BCUT2D eigenvalue weighted by Gasteiger charge is 2.29. The lowest BCUT2D eigenvalue weighted by molar-refractivity contribution is -0.660. The van der Waals surface area contributed by atoms with E-state index in [1.165, 1.54) is 27.8 Å². The van der Waals surface area contributed by atoms with E-state index in [0.29, 0.717) is 89.1 Å². The Morgan fingerprint density at radius 3 is 1.00 bits per heavy atom. The second kappa shape index (κ2) is 30.1. The fourth-order valence-electron chi connectivity index (χ4n) is 16.1. The van der Waals surface area contributed by atoms with Crippen molar-refractivity contribution in [2.24, 2.45) is 28.2 Å². The minimum atomic E-state index is -2.35. The van der Waals surface area contributed by atoms with Crippen molar-refractivity contribution in [3.05, 3.63) is 336 Å². The molecule has 114 heavy (non-hydrogen) atoms. The van der Waals surface area contributed by atoms with Gasteiger partial charge in [0.2, 0.25) is 45.6 Å². The molecule has 0 spiro atoms. The highest BCUT2D eigenvalue weighted by Crippen LogP contribution is 2.45. The zero-order valence-corrected chi connectivity index (χ0v) is 64.8. The van der Waals surface area contributed by atoms with Crippen LogP contribution in [-0.2, 0) is 28.2 Å². The number of pyridine rings is 8. The Kier molecular flexibility index (Phi) is 15.8. The van der Waals surface area contributed by atoms with Crippen LogP contribution >= 0.6 is 0 Å². The van der Waals surface area contributed by atoms with Crippen molar-refractivity contribution in [2.45, 2.75) is 68.9 Å². The van der Waals surface area contributed by atoms with Crippen LogP contribution in [0.25, 0.3) is 178 Å². The van der Waals surface area contributed by atoms with Crippen LogP contribution in [0.15, 0.2) is 298 Å². The molecular formula is C102H88N8O4+4. The third-order valence-corrected chi connectivity index (χ3v) is 21.5. The quantitative estimate of drug-likeness (QED) is 0.138. The lowest BCUT2D eigenvalue weighted by Crippen LogP contribution is -2.31. The molecule has 8 aromatic carbocycles. The zero-order valence-electron chi connectivity index (χ0n) is 76.8. The number of aryl methyl sites for hydroxylation is 14. The predicted molar refractivity (Wildman–Crippen MR) is 462 cm³/mol. The summed E-state index contributed by atoms with van der Waals surface area (Å²) in [5.41, 5.74) is 26.9. The largest absolute Gasteiger partial charge is 0.437 e. The molecule has 12 aromatic heterocycles. The van der Waals surface area contributed by atoms with Crippen LogP contribution in [0.2, 0.25) is 0 Å². The second-order valence-electron chi connectivity index (χ2n) is 29.1. The molecule has 12 heterocycles. The van der Waals surface area contributed by atoms with Gasteiger partial charge in [-0.25, -0.2) is 38.2 Å². The summed E-state index contributed by atoms with van der Waals surface area (Å²) in [5, 5.41) is 6.61. The first kappa shape index (κ1) is 60.0. The van der Waals surface area contributed by atoms with Gasteiger partial charge in [0.25, 0.3) is 0 Å². The first-order chi connectivity index (χ1) is 60.2. The van der Waals surface area contributed by atoms with Gasteiger partial charge in [-0.3, -0.25) is 0 Å². The average Bonchev–Trinajstić information content (AvgIpc) is 1.53. The Morgan fingerprint density at radius 2 is 0.588 bits per heavy atom. The van der Waals surface area contributed by atoms with E-state index in [2.05, 4.69) is 143 Å². The normalized spacial score (nSPS) is 13.4. The summed E-state index contributed by atoms with van der Waals surface area (Å²) in [4.78, 5) is 17.5. The van der Waals surface area contributed by atoms with Crippen molar-refractivity contribution in [1.29, 1.82) is 0 Å².